The summed E-state index contributed by atoms with van der Waals surface area (Å²) in [5, 5.41) is 15.0. The van der Waals surface area contributed by atoms with Crippen molar-refractivity contribution in [3.05, 3.63) is 83.7 Å². The third kappa shape index (κ3) is 4.56. The molecule has 0 aliphatic heterocycles. The minimum Gasteiger partial charge on any atom is -0.618 e. The number of aromatic nitrogens is 5. The highest BCUT2D eigenvalue weighted by Gasteiger charge is 2.44. The number of fused-ring (bicyclic) bond motifs is 2. The smallest absolute Gasteiger partial charge is 0.412 e. The molecule has 0 aliphatic carbocycles. The minimum absolute atomic E-state index is 0.00970. The van der Waals surface area contributed by atoms with Crippen LogP contribution < -0.4 is 10.0 Å². The van der Waals surface area contributed by atoms with Crippen LogP contribution in [0.1, 0.15) is 17.3 Å². The molecule has 0 saturated carbocycles. The second-order valence-electron chi connectivity index (χ2n) is 8.57. The van der Waals surface area contributed by atoms with Crippen molar-refractivity contribution in [2.24, 2.45) is 0 Å². The van der Waals surface area contributed by atoms with Crippen molar-refractivity contribution >= 4 is 37.6 Å². The maximum Gasteiger partial charge on any atom is 0.412 e. The van der Waals surface area contributed by atoms with Crippen molar-refractivity contribution in [1.82, 2.24) is 19.9 Å². The van der Waals surface area contributed by atoms with E-state index in [1.807, 2.05) is 0 Å². The van der Waals surface area contributed by atoms with Gasteiger partial charge in [0.15, 0.2) is 33.6 Å². The highest BCUT2D eigenvalue weighted by molar-refractivity contribution is 7.91. The van der Waals surface area contributed by atoms with E-state index >= 15 is 0 Å². The Bertz CT molecular complexity index is 1810. The van der Waals surface area contributed by atoms with E-state index in [-0.39, 0.29) is 49.6 Å². The van der Waals surface area contributed by atoms with Gasteiger partial charge in [0, 0.05) is 36.4 Å². The molecule has 38 heavy (non-hydrogen) atoms. The van der Waals surface area contributed by atoms with Crippen molar-refractivity contribution < 1.29 is 26.3 Å². The molecule has 1 atom stereocenters. The van der Waals surface area contributed by atoms with Crippen LogP contribution in [0.25, 0.3) is 33.2 Å². The molecule has 0 radical (unpaired) electrons. The summed E-state index contributed by atoms with van der Waals surface area (Å²) in [4.78, 5) is 16.4. The molecule has 5 rings (SSSR count). The van der Waals surface area contributed by atoms with E-state index in [2.05, 4.69) is 25.3 Å². The van der Waals surface area contributed by atoms with Gasteiger partial charge in [-0.25, -0.2) is 23.4 Å². The first-order valence-corrected chi connectivity index (χ1v) is 13.1. The Balaban J connectivity index is 1.83. The van der Waals surface area contributed by atoms with Gasteiger partial charge in [-0.2, -0.15) is 17.9 Å². The average molecular weight is 541 g/mol. The highest BCUT2D eigenvalue weighted by atomic mass is 32.2. The van der Waals surface area contributed by atoms with Gasteiger partial charge in [-0.1, -0.05) is 12.1 Å². The van der Waals surface area contributed by atoms with Crippen molar-refractivity contribution in [1.29, 1.82) is 0 Å². The van der Waals surface area contributed by atoms with E-state index < -0.39 is 22.1 Å². The number of hydrogen-bond donors (Lipinski definition) is 1. The second-order valence-corrected chi connectivity index (χ2v) is 10.6. The summed E-state index contributed by atoms with van der Waals surface area (Å²) in [6.45, 7) is 1.44. The minimum atomic E-state index is -4.86. The fourth-order valence-electron chi connectivity index (χ4n) is 4.21. The predicted octanol–water partition coefficient (Wildman–Crippen LogP) is 4.30. The normalized spacial score (nSPS) is 13.1. The molecule has 0 bridgehead atoms. The Morgan fingerprint density at radius 1 is 1.03 bits per heavy atom. The van der Waals surface area contributed by atoms with Crippen LogP contribution in [0.15, 0.2) is 72.1 Å². The van der Waals surface area contributed by atoms with Crippen LogP contribution >= 0.6 is 0 Å². The summed E-state index contributed by atoms with van der Waals surface area (Å²) in [7, 11) is -3.77. The third-order valence-electron chi connectivity index (χ3n) is 6.01. The number of benzene rings is 1. The monoisotopic (exact) mass is 540 g/mol. The van der Waals surface area contributed by atoms with Crippen LogP contribution in [0.3, 0.4) is 0 Å². The lowest BCUT2D eigenvalue weighted by molar-refractivity contribution is -0.611. The molecule has 9 nitrogen and oxygen atoms in total. The Labute approximate surface area is 214 Å². The van der Waals surface area contributed by atoms with E-state index in [9.17, 15) is 26.8 Å². The summed E-state index contributed by atoms with van der Waals surface area (Å²) in [6.07, 6.45) is -0.126. The number of anilines is 1. The lowest BCUT2D eigenvalue weighted by Gasteiger charge is -2.25. The summed E-state index contributed by atoms with van der Waals surface area (Å²) in [6, 6.07) is 9.15. The zero-order valence-electron chi connectivity index (χ0n) is 19.9. The molecule has 0 saturated heterocycles. The molecule has 13 heteroatoms. The molecule has 1 N–H and O–H groups in total. The summed E-state index contributed by atoms with van der Waals surface area (Å²) in [5.74, 6) is -0.155. The van der Waals surface area contributed by atoms with Gasteiger partial charge in [-0.15, -0.1) is 0 Å². The van der Waals surface area contributed by atoms with Gasteiger partial charge < -0.3 is 10.5 Å². The zero-order valence-corrected chi connectivity index (χ0v) is 20.7. The highest BCUT2D eigenvalue weighted by Crippen LogP contribution is 2.42. The molecule has 5 aromatic rings. The van der Waals surface area contributed by atoms with Crippen molar-refractivity contribution in [2.75, 3.05) is 11.6 Å². The van der Waals surface area contributed by atoms with Gasteiger partial charge in [-0.05, 0) is 30.3 Å². The number of sulfone groups is 1. The van der Waals surface area contributed by atoms with Crippen molar-refractivity contribution in [3.63, 3.8) is 0 Å². The van der Waals surface area contributed by atoms with E-state index in [0.29, 0.717) is 10.2 Å². The molecular formula is C25H19F3N6O3S. The maximum absolute atomic E-state index is 14.7. The SMILES string of the molecule is Cc1c(-c2nc3c(S(C)(=O)=O)cccc3cc2[C@@H](Nc2ncnc3cccnc23)C(F)(F)F)ccc[n+]1[O-]. The van der Waals surface area contributed by atoms with Gasteiger partial charge in [-0.3, -0.25) is 4.98 Å². The first-order chi connectivity index (χ1) is 17.9. The lowest BCUT2D eigenvalue weighted by atomic mass is 9.96. The number of pyridine rings is 3. The van der Waals surface area contributed by atoms with Crippen LogP contribution in [0.5, 0.6) is 0 Å². The summed E-state index contributed by atoms with van der Waals surface area (Å²) in [5.41, 5.74) is 0.144. The topological polar surface area (TPSA) is 125 Å². The van der Waals surface area contributed by atoms with E-state index in [4.69, 9.17) is 0 Å². The van der Waals surface area contributed by atoms with E-state index in [1.54, 1.807) is 12.1 Å². The average Bonchev–Trinajstić information content (AvgIpc) is 2.86. The number of rotatable bonds is 5. The maximum atomic E-state index is 14.7. The molecule has 0 amide bonds. The number of halogens is 3. The molecule has 0 spiro atoms. The molecule has 0 unspecified atom stereocenters. The van der Waals surface area contributed by atoms with Crippen molar-refractivity contribution in [2.45, 2.75) is 24.0 Å². The standard InChI is InChI=1S/C25H19F3N6O3S/c1-14-16(7-5-11-34(14)35)21-17(12-15-6-3-9-19(20(15)32-21)38(2,36)37)23(25(26,27)28)33-24-22-18(30-13-31-24)8-4-10-29-22/h3-13,23H,1-2H3,(H,30,31,33)/t23-/m1/s1. The number of hydrogen-bond acceptors (Lipinski definition) is 8. The quantitative estimate of drug-likeness (QED) is 0.258. The molecular weight excluding hydrogens is 521 g/mol. The van der Waals surface area contributed by atoms with Gasteiger partial charge in [0.2, 0.25) is 0 Å². The lowest BCUT2D eigenvalue weighted by Crippen LogP contribution is -2.31. The Hall–Kier alpha value is -4.39. The Kier molecular flexibility index (Phi) is 6.10. The van der Waals surface area contributed by atoms with Crippen LogP contribution in [0, 0.1) is 12.1 Å². The molecule has 4 heterocycles. The van der Waals surface area contributed by atoms with Gasteiger partial charge >= 0.3 is 6.18 Å². The predicted molar refractivity (Wildman–Crippen MR) is 134 cm³/mol. The number of alkyl halides is 3. The van der Waals surface area contributed by atoms with E-state index in [1.165, 1.54) is 55.7 Å². The fourth-order valence-corrected chi connectivity index (χ4v) is 5.05. The number of para-hydroxylation sites is 1. The molecule has 194 valence electrons. The molecule has 1 aromatic carbocycles. The number of nitrogens with zero attached hydrogens (tertiary/aromatic N) is 5. The number of nitrogens with one attached hydrogen (secondary N) is 1. The van der Waals surface area contributed by atoms with Crippen LogP contribution in [-0.2, 0) is 9.84 Å². The Morgan fingerprint density at radius 2 is 1.82 bits per heavy atom. The van der Waals surface area contributed by atoms with Gasteiger partial charge in [0.25, 0.3) is 0 Å². The summed E-state index contributed by atoms with van der Waals surface area (Å²) < 4.78 is 69.6. The summed E-state index contributed by atoms with van der Waals surface area (Å²) >= 11 is 0. The van der Waals surface area contributed by atoms with Crippen molar-refractivity contribution in [3.8, 4) is 11.3 Å². The second kappa shape index (κ2) is 9.17. The molecule has 0 aliphatic rings. The first-order valence-electron chi connectivity index (χ1n) is 11.2. The first kappa shape index (κ1) is 25.3. The van der Waals surface area contributed by atoms with Crippen LogP contribution in [0.2, 0.25) is 0 Å². The van der Waals surface area contributed by atoms with E-state index in [0.717, 1.165) is 12.6 Å². The molecule has 0 fully saturated rings. The Morgan fingerprint density at radius 3 is 2.55 bits per heavy atom. The molecule has 4 aromatic heterocycles. The largest absolute Gasteiger partial charge is 0.618 e. The van der Waals surface area contributed by atoms with Crippen LogP contribution in [-0.4, -0.2) is 40.8 Å². The third-order valence-corrected chi connectivity index (χ3v) is 7.14. The van der Waals surface area contributed by atoms with Crippen LogP contribution in [0.4, 0.5) is 19.0 Å². The van der Waals surface area contributed by atoms with Gasteiger partial charge in [0.1, 0.15) is 11.8 Å². The van der Waals surface area contributed by atoms with Gasteiger partial charge in [0.05, 0.1) is 27.2 Å². The zero-order chi connectivity index (χ0) is 27.2. The fraction of sp³-hybridized carbons (Fsp3) is 0.160.